The number of ketones is 1. The number of rotatable bonds is 5. The van der Waals surface area contributed by atoms with E-state index in [-0.39, 0.29) is 11.7 Å². The second-order valence-electron chi connectivity index (χ2n) is 8.34. The van der Waals surface area contributed by atoms with Crippen molar-refractivity contribution in [1.82, 2.24) is 15.0 Å². The Morgan fingerprint density at radius 2 is 1.70 bits per heavy atom. The molecule has 0 radical (unpaired) electrons. The number of pyridine rings is 1. The number of Topliss-reactive ketones (excluding diaryl/α,β-unsaturated/α-hetero) is 1. The Kier molecular flexibility index (Phi) is 5.81. The zero-order valence-electron chi connectivity index (χ0n) is 18.9. The fourth-order valence-electron chi connectivity index (χ4n) is 4.61. The molecular formula is C25H27N5O3. The number of carbonyl (C=O) groups is 1. The third-order valence-corrected chi connectivity index (χ3v) is 6.44. The molecule has 0 bridgehead atoms. The van der Waals surface area contributed by atoms with Crippen LogP contribution >= 0.6 is 0 Å². The molecule has 2 aliphatic rings. The van der Waals surface area contributed by atoms with Crippen molar-refractivity contribution in [3.05, 3.63) is 65.6 Å². The second-order valence-corrected chi connectivity index (χ2v) is 8.34. The van der Waals surface area contributed by atoms with Gasteiger partial charge in [0.25, 0.3) is 0 Å². The van der Waals surface area contributed by atoms with Gasteiger partial charge in [-0.25, -0.2) is 15.0 Å². The van der Waals surface area contributed by atoms with E-state index in [4.69, 9.17) is 14.5 Å². The van der Waals surface area contributed by atoms with Gasteiger partial charge >= 0.3 is 0 Å². The molecule has 2 aromatic heterocycles. The molecule has 5 rings (SSSR count). The van der Waals surface area contributed by atoms with Gasteiger partial charge in [-0.3, -0.25) is 4.79 Å². The fraction of sp³-hybridized carbons (Fsp3) is 0.360. The van der Waals surface area contributed by atoms with Gasteiger partial charge in [0.05, 0.1) is 25.5 Å². The SMILES string of the molecule is COc1ccc([C@@H]2CC(=O)c3cnc(N4CCN(c5ccccn5)CC4)nc3C2)cc1OC. The van der Waals surface area contributed by atoms with E-state index in [0.717, 1.165) is 43.3 Å². The first-order chi connectivity index (χ1) is 16.2. The maximum Gasteiger partial charge on any atom is 0.225 e. The van der Waals surface area contributed by atoms with E-state index in [0.29, 0.717) is 35.9 Å². The number of aromatic nitrogens is 3. The average molecular weight is 446 g/mol. The molecule has 1 aromatic carbocycles. The summed E-state index contributed by atoms with van der Waals surface area (Å²) in [7, 11) is 3.24. The van der Waals surface area contributed by atoms with E-state index in [1.807, 2.05) is 42.6 Å². The molecule has 8 nitrogen and oxygen atoms in total. The van der Waals surface area contributed by atoms with Gasteiger partial charge < -0.3 is 19.3 Å². The number of carbonyl (C=O) groups excluding carboxylic acids is 1. The van der Waals surface area contributed by atoms with Gasteiger partial charge in [-0.05, 0) is 42.2 Å². The Balaban J connectivity index is 1.33. The summed E-state index contributed by atoms with van der Waals surface area (Å²) >= 11 is 0. The molecular weight excluding hydrogens is 418 g/mol. The van der Waals surface area contributed by atoms with Crippen LogP contribution in [-0.4, -0.2) is 61.1 Å². The van der Waals surface area contributed by atoms with E-state index >= 15 is 0 Å². The minimum Gasteiger partial charge on any atom is -0.493 e. The second kappa shape index (κ2) is 9.05. The Morgan fingerprint density at radius 1 is 0.909 bits per heavy atom. The van der Waals surface area contributed by atoms with Crippen LogP contribution < -0.4 is 19.3 Å². The van der Waals surface area contributed by atoms with E-state index < -0.39 is 0 Å². The summed E-state index contributed by atoms with van der Waals surface area (Å²) in [6, 6.07) is 11.8. The predicted molar refractivity (Wildman–Crippen MR) is 126 cm³/mol. The number of nitrogens with zero attached hydrogens (tertiary/aromatic N) is 5. The summed E-state index contributed by atoms with van der Waals surface area (Å²) in [4.78, 5) is 31.1. The largest absolute Gasteiger partial charge is 0.493 e. The van der Waals surface area contributed by atoms with Crippen LogP contribution in [0.2, 0.25) is 0 Å². The van der Waals surface area contributed by atoms with Gasteiger partial charge in [0, 0.05) is 45.0 Å². The molecule has 33 heavy (non-hydrogen) atoms. The number of piperazine rings is 1. The van der Waals surface area contributed by atoms with Crippen molar-refractivity contribution in [2.24, 2.45) is 0 Å². The molecule has 0 amide bonds. The summed E-state index contributed by atoms with van der Waals surface area (Å²) in [6.07, 6.45) is 4.66. The fourth-order valence-corrected chi connectivity index (χ4v) is 4.61. The summed E-state index contributed by atoms with van der Waals surface area (Å²) in [5, 5.41) is 0. The minimum atomic E-state index is 0.0496. The highest BCUT2D eigenvalue weighted by atomic mass is 16.5. The molecule has 1 aliphatic heterocycles. The molecule has 1 saturated heterocycles. The van der Waals surface area contributed by atoms with Crippen molar-refractivity contribution in [2.45, 2.75) is 18.8 Å². The smallest absolute Gasteiger partial charge is 0.225 e. The first-order valence-corrected chi connectivity index (χ1v) is 11.2. The van der Waals surface area contributed by atoms with Gasteiger partial charge in [0.1, 0.15) is 5.82 Å². The number of hydrogen-bond donors (Lipinski definition) is 0. The molecule has 0 N–H and O–H groups in total. The number of anilines is 2. The summed E-state index contributed by atoms with van der Waals surface area (Å²) in [5.41, 5.74) is 2.52. The summed E-state index contributed by atoms with van der Waals surface area (Å²) in [5.74, 6) is 3.17. The van der Waals surface area contributed by atoms with Crippen LogP contribution in [0.5, 0.6) is 11.5 Å². The van der Waals surface area contributed by atoms with E-state index in [1.165, 1.54) is 0 Å². The zero-order valence-corrected chi connectivity index (χ0v) is 18.9. The van der Waals surface area contributed by atoms with Crippen LogP contribution in [0.25, 0.3) is 0 Å². The molecule has 3 heterocycles. The Hall–Kier alpha value is -3.68. The number of ether oxygens (including phenoxy) is 2. The van der Waals surface area contributed by atoms with Crippen molar-refractivity contribution in [2.75, 3.05) is 50.2 Å². The topological polar surface area (TPSA) is 80.7 Å². The standard InChI is InChI=1S/C25H27N5O3/c1-32-22-7-6-17(15-23(22)33-2)18-13-20-19(21(31)14-18)16-27-25(28-20)30-11-9-29(10-12-30)24-5-3-4-8-26-24/h3-8,15-16,18H,9-14H2,1-2H3/t18-/m0/s1. The maximum atomic E-state index is 12.9. The number of hydrogen-bond acceptors (Lipinski definition) is 8. The molecule has 3 aromatic rings. The van der Waals surface area contributed by atoms with Crippen LogP contribution in [-0.2, 0) is 6.42 Å². The van der Waals surface area contributed by atoms with Gasteiger partial charge in [-0.15, -0.1) is 0 Å². The van der Waals surface area contributed by atoms with Crippen LogP contribution in [0.4, 0.5) is 11.8 Å². The van der Waals surface area contributed by atoms with Gasteiger partial charge in [0.15, 0.2) is 17.3 Å². The van der Waals surface area contributed by atoms with Crippen LogP contribution in [0.15, 0.2) is 48.8 Å². The Bertz CT molecular complexity index is 1150. The first kappa shape index (κ1) is 21.2. The quantitative estimate of drug-likeness (QED) is 0.593. The molecule has 1 aliphatic carbocycles. The monoisotopic (exact) mass is 445 g/mol. The molecule has 0 spiro atoms. The number of benzene rings is 1. The number of methoxy groups -OCH3 is 2. The van der Waals surface area contributed by atoms with Crippen molar-refractivity contribution in [3.8, 4) is 11.5 Å². The Labute approximate surface area is 193 Å². The lowest BCUT2D eigenvalue weighted by atomic mass is 9.82. The van der Waals surface area contributed by atoms with E-state index in [2.05, 4.69) is 19.8 Å². The van der Waals surface area contributed by atoms with Crippen molar-refractivity contribution < 1.29 is 14.3 Å². The van der Waals surface area contributed by atoms with E-state index in [9.17, 15) is 4.79 Å². The van der Waals surface area contributed by atoms with Crippen LogP contribution in [0.1, 0.15) is 34.0 Å². The van der Waals surface area contributed by atoms with Crippen molar-refractivity contribution in [3.63, 3.8) is 0 Å². The lowest BCUT2D eigenvalue weighted by molar-refractivity contribution is 0.0962. The van der Waals surface area contributed by atoms with Crippen molar-refractivity contribution in [1.29, 1.82) is 0 Å². The third-order valence-electron chi connectivity index (χ3n) is 6.44. The van der Waals surface area contributed by atoms with Gasteiger partial charge in [-0.2, -0.15) is 0 Å². The molecule has 8 heteroatoms. The average Bonchev–Trinajstić information content (AvgIpc) is 2.88. The third kappa shape index (κ3) is 4.20. The minimum absolute atomic E-state index is 0.0496. The summed E-state index contributed by atoms with van der Waals surface area (Å²) in [6.45, 7) is 3.32. The predicted octanol–water partition coefficient (Wildman–Crippen LogP) is 3.13. The molecule has 1 atom stereocenters. The van der Waals surface area contributed by atoms with E-state index in [1.54, 1.807) is 20.4 Å². The lowest BCUT2D eigenvalue weighted by Gasteiger charge is -2.35. The van der Waals surface area contributed by atoms with Crippen molar-refractivity contribution >= 4 is 17.5 Å². The van der Waals surface area contributed by atoms with Gasteiger partial charge in [0.2, 0.25) is 5.95 Å². The molecule has 0 saturated carbocycles. The summed E-state index contributed by atoms with van der Waals surface area (Å²) < 4.78 is 10.8. The normalized spacial score (nSPS) is 18.1. The first-order valence-electron chi connectivity index (χ1n) is 11.2. The maximum absolute atomic E-state index is 12.9. The zero-order chi connectivity index (χ0) is 22.8. The lowest BCUT2D eigenvalue weighted by Crippen LogP contribution is -2.47. The molecule has 1 fully saturated rings. The number of fused-ring (bicyclic) bond motifs is 1. The highest BCUT2D eigenvalue weighted by Gasteiger charge is 2.30. The Morgan fingerprint density at radius 3 is 2.42 bits per heavy atom. The molecule has 170 valence electrons. The molecule has 0 unspecified atom stereocenters. The highest BCUT2D eigenvalue weighted by molar-refractivity contribution is 5.98. The highest BCUT2D eigenvalue weighted by Crippen LogP contribution is 2.36. The van der Waals surface area contributed by atoms with Crippen LogP contribution in [0, 0.1) is 0 Å². The van der Waals surface area contributed by atoms with Gasteiger partial charge in [-0.1, -0.05) is 12.1 Å². The van der Waals surface area contributed by atoms with Crippen LogP contribution in [0.3, 0.4) is 0 Å².